The topological polar surface area (TPSA) is 51.0 Å². The van der Waals surface area contributed by atoms with E-state index in [0.717, 1.165) is 5.56 Å². The highest BCUT2D eigenvalue weighted by atomic mass is 19.1. The average Bonchev–Trinajstić information content (AvgIpc) is 3.00. The second kappa shape index (κ2) is 6.48. The minimum atomic E-state index is -1.42. The number of nitrogens with zero attached hydrogens (tertiary/aromatic N) is 4. The molecule has 1 amide bonds. The number of aryl methyl sites for hydroxylation is 2. The van der Waals surface area contributed by atoms with E-state index in [2.05, 4.69) is 10.1 Å². The zero-order valence-electron chi connectivity index (χ0n) is 13.3. The Balaban J connectivity index is 1.53. The molecule has 3 heterocycles. The molecule has 0 saturated carbocycles. The molecule has 1 fully saturated rings. The van der Waals surface area contributed by atoms with Crippen LogP contribution < -0.4 is 0 Å². The zero-order chi connectivity index (χ0) is 16.3. The summed E-state index contributed by atoms with van der Waals surface area (Å²) in [5, 5.41) is 4.17. The Morgan fingerprint density at radius 3 is 2.74 bits per heavy atom. The van der Waals surface area contributed by atoms with Crippen molar-refractivity contribution in [3.63, 3.8) is 0 Å². The summed E-state index contributed by atoms with van der Waals surface area (Å²) in [6.07, 6.45) is 6.30. The van der Waals surface area contributed by atoms with Crippen LogP contribution in [0.3, 0.4) is 0 Å². The molecular formula is C17H21FN4O. The van der Waals surface area contributed by atoms with Crippen LogP contribution in [-0.2, 0) is 17.0 Å². The number of rotatable bonds is 4. The van der Waals surface area contributed by atoms with Crippen LogP contribution in [-0.4, -0.2) is 38.7 Å². The minimum absolute atomic E-state index is 0.0567. The number of pyridine rings is 1. The third-order valence-corrected chi connectivity index (χ3v) is 4.35. The van der Waals surface area contributed by atoms with Crippen molar-refractivity contribution in [2.24, 2.45) is 0 Å². The van der Waals surface area contributed by atoms with Gasteiger partial charge in [0.25, 0.3) is 0 Å². The molecule has 0 unspecified atom stereocenters. The summed E-state index contributed by atoms with van der Waals surface area (Å²) in [5.74, 6) is 0.0567. The predicted molar refractivity (Wildman–Crippen MR) is 84.4 cm³/mol. The van der Waals surface area contributed by atoms with Gasteiger partial charge >= 0.3 is 0 Å². The van der Waals surface area contributed by atoms with Crippen LogP contribution in [0.25, 0.3) is 0 Å². The maximum atomic E-state index is 15.0. The van der Waals surface area contributed by atoms with Crippen molar-refractivity contribution in [2.75, 3.05) is 13.1 Å². The second-order valence-electron chi connectivity index (χ2n) is 6.09. The molecule has 3 rings (SSSR count). The van der Waals surface area contributed by atoms with Gasteiger partial charge in [0.05, 0.1) is 11.9 Å². The fourth-order valence-electron chi connectivity index (χ4n) is 2.95. The van der Waals surface area contributed by atoms with Gasteiger partial charge in [-0.2, -0.15) is 5.10 Å². The molecule has 0 bridgehead atoms. The molecule has 1 aliphatic rings. The number of hydrogen-bond acceptors (Lipinski definition) is 3. The Hall–Kier alpha value is -2.24. The fraction of sp³-hybridized carbons (Fsp3) is 0.471. The fourth-order valence-corrected chi connectivity index (χ4v) is 2.95. The number of aromatic nitrogens is 3. The van der Waals surface area contributed by atoms with Gasteiger partial charge in [-0.15, -0.1) is 0 Å². The lowest BCUT2D eigenvalue weighted by atomic mass is 9.89. The van der Waals surface area contributed by atoms with E-state index in [1.165, 1.54) is 0 Å². The molecule has 1 saturated heterocycles. The van der Waals surface area contributed by atoms with Gasteiger partial charge in [0.2, 0.25) is 5.91 Å². The van der Waals surface area contributed by atoms with Crippen molar-refractivity contribution >= 4 is 5.91 Å². The summed E-state index contributed by atoms with van der Waals surface area (Å²) in [6.45, 7) is 3.40. The molecule has 0 spiro atoms. The van der Waals surface area contributed by atoms with Gasteiger partial charge < -0.3 is 4.90 Å². The first-order valence-electron chi connectivity index (χ1n) is 7.94. The molecule has 0 aliphatic carbocycles. The number of piperidine rings is 1. The SMILES string of the molecule is Cc1cnn(CCC(=O)N2CCC(F)(c3ccccn3)CC2)c1. The molecule has 122 valence electrons. The van der Waals surface area contributed by atoms with Gasteiger partial charge in [-0.1, -0.05) is 6.07 Å². The van der Waals surface area contributed by atoms with E-state index in [1.807, 2.05) is 13.1 Å². The third-order valence-electron chi connectivity index (χ3n) is 4.35. The first kappa shape index (κ1) is 15.6. The highest BCUT2D eigenvalue weighted by molar-refractivity contribution is 5.76. The molecule has 1 aliphatic heterocycles. The third kappa shape index (κ3) is 3.57. The summed E-state index contributed by atoms with van der Waals surface area (Å²) in [5.41, 5.74) is 0.129. The summed E-state index contributed by atoms with van der Waals surface area (Å²) in [7, 11) is 0. The Morgan fingerprint density at radius 1 is 1.35 bits per heavy atom. The van der Waals surface area contributed by atoms with Crippen molar-refractivity contribution in [3.8, 4) is 0 Å². The standard InChI is InChI=1S/C17H21FN4O/c1-14-12-20-22(13-14)9-5-16(23)21-10-6-17(18,7-11-21)15-4-2-3-8-19-15/h2-4,8,12-13H,5-7,9-11H2,1H3. The maximum Gasteiger partial charge on any atom is 0.224 e. The number of halogens is 1. The van der Waals surface area contributed by atoms with E-state index in [-0.39, 0.29) is 5.91 Å². The molecule has 0 atom stereocenters. The number of alkyl halides is 1. The minimum Gasteiger partial charge on any atom is -0.342 e. The van der Waals surface area contributed by atoms with Gasteiger partial charge in [0.1, 0.15) is 0 Å². The van der Waals surface area contributed by atoms with Gasteiger partial charge in [-0.05, 0) is 24.6 Å². The molecule has 0 aromatic carbocycles. The Bertz CT molecular complexity index is 662. The Kier molecular flexibility index (Phi) is 4.41. The van der Waals surface area contributed by atoms with Crippen LogP contribution in [0.2, 0.25) is 0 Å². The Labute approximate surface area is 135 Å². The smallest absolute Gasteiger partial charge is 0.224 e. The van der Waals surface area contributed by atoms with E-state index < -0.39 is 5.67 Å². The molecule has 0 N–H and O–H groups in total. The molecule has 2 aromatic heterocycles. The van der Waals surface area contributed by atoms with Crippen LogP contribution in [0.15, 0.2) is 36.8 Å². The number of carbonyl (C=O) groups is 1. The first-order valence-corrected chi connectivity index (χ1v) is 7.94. The summed E-state index contributed by atoms with van der Waals surface area (Å²) in [4.78, 5) is 18.2. The van der Waals surface area contributed by atoms with Crippen molar-refractivity contribution in [1.29, 1.82) is 0 Å². The number of likely N-dealkylation sites (tertiary alicyclic amines) is 1. The monoisotopic (exact) mass is 316 g/mol. The molecule has 6 heteroatoms. The van der Waals surface area contributed by atoms with Crippen molar-refractivity contribution in [1.82, 2.24) is 19.7 Å². The first-order chi connectivity index (χ1) is 11.1. The van der Waals surface area contributed by atoms with Crippen LogP contribution in [0.5, 0.6) is 0 Å². The van der Waals surface area contributed by atoms with Gasteiger partial charge in [0.15, 0.2) is 5.67 Å². The van der Waals surface area contributed by atoms with Crippen LogP contribution >= 0.6 is 0 Å². The second-order valence-corrected chi connectivity index (χ2v) is 6.09. The quantitative estimate of drug-likeness (QED) is 0.870. The van der Waals surface area contributed by atoms with Crippen LogP contribution in [0.1, 0.15) is 30.5 Å². The lowest BCUT2D eigenvalue weighted by Gasteiger charge is -2.36. The highest BCUT2D eigenvalue weighted by Crippen LogP contribution is 2.35. The van der Waals surface area contributed by atoms with Crippen LogP contribution in [0, 0.1) is 6.92 Å². The van der Waals surface area contributed by atoms with Gasteiger partial charge in [-0.25, -0.2) is 4.39 Å². The van der Waals surface area contributed by atoms with E-state index in [1.54, 1.807) is 40.2 Å². The number of carbonyl (C=O) groups excluding carboxylic acids is 1. The lowest BCUT2D eigenvalue weighted by Crippen LogP contribution is -2.43. The van der Waals surface area contributed by atoms with Crippen molar-refractivity contribution in [2.45, 2.75) is 38.4 Å². The van der Waals surface area contributed by atoms with Gasteiger partial charge in [-0.3, -0.25) is 14.5 Å². The lowest BCUT2D eigenvalue weighted by molar-refractivity contribution is -0.134. The summed E-state index contributed by atoms with van der Waals surface area (Å²) in [6, 6.07) is 5.30. The molecule has 23 heavy (non-hydrogen) atoms. The average molecular weight is 316 g/mol. The van der Waals surface area contributed by atoms with E-state index >= 15 is 0 Å². The molecule has 5 nitrogen and oxygen atoms in total. The van der Waals surface area contributed by atoms with Crippen LogP contribution in [0.4, 0.5) is 4.39 Å². The zero-order valence-corrected chi connectivity index (χ0v) is 13.3. The predicted octanol–water partition coefficient (Wildman–Crippen LogP) is 2.46. The largest absolute Gasteiger partial charge is 0.342 e. The van der Waals surface area contributed by atoms with E-state index in [4.69, 9.17) is 0 Å². The van der Waals surface area contributed by atoms with Gasteiger partial charge in [0, 0.05) is 51.3 Å². The number of amides is 1. The normalized spacial score (nSPS) is 17.2. The summed E-state index contributed by atoms with van der Waals surface area (Å²) >= 11 is 0. The van der Waals surface area contributed by atoms with Crippen molar-refractivity contribution in [3.05, 3.63) is 48.0 Å². The molecule has 0 radical (unpaired) electrons. The molecule has 2 aromatic rings. The highest BCUT2D eigenvalue weighted by Gasteiger charge is 2.38. The Morgan fingerprint density at radius 2 is 2.13 bits per heavy atom. The van der Waals surface area contributed by atoms with E-state index in [9.17, 15) is 9.18 Å². The van der Waals surface area contributed by atoms with Crippen molar-refractivity contribution < 1.29 is 9.18 Å². The molecular weight excluding hydrogens is 295 g/mol. The van der Waals surface area contributed by atoms with E-state index in [0.29, 0.717) is 44.6 Å². The maximum absolute atomic E-state index is 15.0. The summed E-state index contributed by atoms with van der Waals surface area (Å²) < 4.78 is 16.7. The number of hydrogen-bond donors (Lipinski definition) is 0.